The fourth-order valence-corrected chi connectivity index (χ4v) is 3.84. The maximum absolute atomic E-state index is 12.9. The Kier molecular flexibility index (Phi) is 3.33. The molecule has 114 valence electrons. The molecule has 0 fully saturated rings. The van der Waals surface area contributed by atoms with Crippen molar-refractivity contribution >= 4 is 21.1 Å². The Morgan fingerprint density at radius 3 is 2.23 bits per heavy atom. The molecule has 0 unspecified atom stereocenters. The van der Waals surface area contributed by atoms with Crippen LogP contribution in [0.1, 0.15) is 22.4 Å². The van der Waals surface area contributed by atoms with Crippen molar-refractivity contribution in [3.63, 3.8) is 0 Å². The van der Waals surface area contributed by atoms with Crippen LogP contribution >= 0.6 is 0 Å². The molecule has 0 bridgehead atoms. The Hall–Kier alpha value is -2.14. The minimum atomic E-state index is -3.64. The Morgan fingerprint density at radius 2 is 1.59 bits per heavy atom. The molecule has 0 radical (unpaired) electrons. The first kappa shape index (κ1) is 14.8. The molecule has 0 spiro atoms. The molecule has 1 aromatic carbocycles. The highest BCUT2D eigenvalue weighted by atomic mass is 32.2. The molecule has 3 aromatic rings. The van der Waals surface area contributed by atoms with Crippen LogP contribution in [-0.4, -0.2) is 17.4 Å². The predicted octanol–water partition coefficient (Wildman–Crippen LogP) is 3.51. The van der Waals surface area contributed by atoms with Gasteiger partial charge in [-0.1, -0.05) is 17.7 Å². The van der Waals surface area contributed by atoms with Crippen molar-refractivity contribution in [1.82, 2.24) is 8.96 Å². The van der Waals surface area contributed by atoms with Crippen LogP contribution in [0.2, 0.25) is 0 Å². The van der Waals surface area contributed by atoms with Crippen molar-refractivity contribution < 1.29 is 8.42 Å². The van der Waals surface area contributed by atoms with Crippen molar-refractivity contribution in [1.29, 1.82) is 0 Å². The van der Waals surface area contributed by atoms with Crippen LogP contribution in [-0.2, 0) is 10.0 Å². The topological polar surface area (TPSA) is 52.0 Å². The molecule has 22 heavy (non-hydrogen) atoms. The lowest BCUT2D eigenvalue weighted by molar-refractivity contribution is 0.588. The zero-order valence-electron chi connectivity index (χ0n) is 13.1. The van der Waals surface area contributed by atoms with Gasteiger partial charge in [0.05, 0.1) is 4.90 Å². The summed E-state index contributed by atoms with van der Waals surface area (Å²) in [6.45, 7) is 7.70. The number of fused-ring (bicyclic) bond motifs is 1. The summed E-state index contributed by atoms with van der Waals surface area (Å²) in [5, 5.41) is 0.874. The zero-order chi connectivity index (χ0) is 16.1. The second-order valence-corrected chi connectivity index (χ2v) is 7.50. The minimum Gasteiger partial charge on any atom is -0.234 e. The van der Waals surface area contributed by atoms with Gasteiger partial charge in [0, 0.05) is 17.3 Å². The Morgan fingerprint density at radius 1 is 0.955 bits per heavy atom. The maximum atomic E-state index is 12.9. The lowest BCUT2D eigenvalue weighted by Crippen LogP contribution is -2.12. The predicted molar refractivity (Wildman–Crippen MR) is 87.7 cm³/mol. The third-order valence-corrected chi connectivity index (χ3v) is 5.63. The van der Waals surface area contributed by atoms with E-state index >= 15 is 0 Å². The molecule has 0 saturated carbocycles. The highest BCUT2D eigenvalue weighted by Gasteiger charge is 2.21. The number of rotatable bonds is 2. The van der Waals surface area contributed by atoms with E-state index in [0.717, 1.165) is 27.8 Å². The molecule has 0 N–H and O–H groups in total. The number of pyridine rings is 1. The normalized spacial score (nSPS) is 12.0. The van der Waals surface area contributed by atoms with Crippen molar-refractivity contribution in [3.8, 4) is 0 Å². The standard InChI is InChI=1S/C17H18N2O2S/c1-11-5-7-15(8-6-11)22(20,21)19-10-13(3)16-9-12(2)14(4)18-17(16)19/h5-10H,1-4H3. The number of hydrogen-bond donors (Lipinski definition) is 0. The van der Waals surface area contributed by atoms with E-state index in [2.05, 4.69) is 4.98 Å². The van der Waals surface area contributed by atoms with E-state index in [0.29, 0.717) is 5.65 Å². The average Bonchev–Trinajstić information content (AvgIpc) is 2.78. The minimum absolute atomic E-state index is 0.273. The van der Waals surface area contributed by atoms with Gasteiger partial charge in [-0.05, 0) is 57.0 Å². The molecule has 0 aliphatic rings. The van der Waals surface area contributed by atoms with E-state index < -0.39 is 10.0 Å². The highest BCUT2D eigenvalue weighted by molar-refractivity contribution is 7.90. The summed E-state index contributed by atoms with van der Waals surface area (Å²) in [6.07, 6.45) is 1.64. The molecule has 0 saturated heterocycles. The third kappa shape index (κ3) is 2.22. The number of nitrogens with zero attached hydrogens (tertiary/aromatic N) is 2. The van der Waals surface area contributed by atoms with Gasteiger partial charge in [-0.15, -0.1) is 0 Å². The summed E-state index contributed by atoms with van der Waals surface area (Å²) in [6, 6.07) is 8.86. The van der Waals surface area contributed by atoms with Crippen LogP contribution in [0.4, 0.5) is 0 Å². The largest absolute Gasteiger partial charge is 0.269 e. The van der Waals surface area contributed by atoms with Gasteiger partial charge < -0.3 is 0 Å². The lowest BCUT2D eigenvalue weighted by atomic mass is 10.1. The molecule has 0 aliphatic carbocycles. The van der Waals surface area contributed by atoms with E-state index in [1.807, 2.05) is 33.8 Å². The number of hydrogen-bond acceptors (Lipinski definition) is 3. The van der Waals surface area contributed by atoms with Gasteiger partial charge in [0.15, 0.2) is 5.65 Å². The SMILES string of the molecule is Cc1ccc(S(=O)(=O)n2cc(C)c3cc(C)c(C)nc32)cc1. The van der Waals surface area contributed by atoms with Gasteiger partial charge in [-0.2, -0.15) is 0 Å². The quantitative estimate of drug-likeness (QED) is 0.727. The monoisotopic (exact) mass is 314 g/mol. The van der Waals surface area contributed by atoms with Crippen LogP contribution in [0.3, 0.4) is 0 Å². The first-order valence-electron chi connectivity index (χ1n) is 7.09. The summed E-state index contributed by atoms with van der Waals surface area (Å²) in [7, 11) is -3.64. The van der Waals surface area contributed by atoms with Gasteiger partial charge >= 0.3 is 0 Å². The second-order valence-electron chi connectivity index (χ2n) is 5.69. The molecule has 2 heterocycles. The van der Waals surface area contributed by atoms with Crippen LogP contribution in [0.15, 0.2) is 41.4 Å². The van der Waals surface area contributed by atoms with Gasteiger partial charge in [-0.25, -0.2) is 17.4 Å². The number of aryl methyl sites for hydroxylation is 4. The van der Waals surface area contributed by atoms with E-state index in [1.165, 1.54) is 3.97 Å². The Bertz CT molecular complexity index is 968. The van der Waals surface area contributed by atoms with Crippen molar-refractivity contribution in [2.45, 2.75) is 32.6 Å². The van der Waals surface area contributed by atoms with E-state index in [1.54, 1.807) is 30.5 Å². The van der Waals surface area contributed by atoms with Gasteiger partial charge in [0.25, 0.3) is 10.0 Å². The third-order valence-electron chi connectivity index (χ3n) is 3.97. The number of benzene rings is 1. The smallest absolute Gasteiger partial charge is 0.234 e. The summed E-state index contributed by atoms with van der Waals surface area (Å²) < 4.78 is 27.1. The van der Waals surface area contributed by atoms with Crippen molar-refractivity contribution in [2.75, 3.05) is 0 Å². The molecule has 4 nitrogen and oxygen atoms in total. The van der Waals surface area contributed by atoms with E-state index in [-0.39, 0.29) is 4.90 Å². The fraction of sp³-hybridized carbons (Fsp3) is 0.235. The summed E-state index contributed by atoms with van der Waals surface area (Å²) in [5.74, 6) is 0. The second kappa shape index (κ2) is 4.95. The molecule has 2 aromatic heterocycles. The van der Waals surface area contributed by atoms with Crippen LogP contribution in [0.25, 0.3) is 11.0 Å². The first-order valence-corrected chi connectivity index (χ1v) is 8.53. The lowest BCUT2D eigenvalue weighted by Gasteiger charge is -2.08. The Balaban J connectivity index is 2.30. The first-order chi connectivity index (χ1) is 10.3. The average molecular weight is 314 g/mol. The summed E-state index contributed by atoms with van der Waals surface area (Å²) in [5.41, 5.74) is 4.31. The molecule has 0 aliphatic heterocycles. The Labute approximate surface area is 130 Å². The summed E-state index contributed by atoms with van der Waals surface area (Å²) in [4.78, 5) is 4.76. The van der Waals surface area contributed by atoms with Crippen LogP contribution in [0, 0.1) is 27.7 Å². The highest BCUT2D eigenvalue weighted by Crippen LogP contribution is 2.26. The molecular weight excluding hydrogens is 296 g/mol. The van der Waals surface area contributed by atoms with Crippen molar-refractivity contribution in [3.05, 3.63) is 58.9 Å². The van der Waals surface area contributed by atoms with Gasteiger partial charge in [-0.3, -0.25) is 0 Å². The van der Waals surface area contributed by atoms with Crippen molar-refractivity contribution in [2.24, 2.45) is 0 Å². The van der Waals surface area contributed by atoms with Crippen LogP contribution < -0.4 is 0 Å². The molecule has 0 atom stereocenters. The molecule has 0 amide bonds. The van der Waals surface area contributed by atoms with Crippen LogP contribution in [0.5, 0.6) is 0 Å². The zero-order valence-corrected chi connectivity index (χ0v) is 13.9. The number of aromatic nitrogens is 2. The van der Waals surface area contributed by atoms with Gasteiger partial charge in [0.1, 0.15) is 0 Å². The fourth-order valence-electron chi connectivity index (χ4n) is 2.46. The van der Waals surface area contributed by atoms with E-state index in [9.17, 15) is 8.42 Å². The van der Waals surface area contributed by atoms with Gasteiger partial charge in [0.2, 0.25) is 0 Å². The molecular formula is C17H18N2O2S. The summed E-state index contributed by atoms with van der Waals surface area (Å²) >= 11 is 0. The van der Waals surface area contributed by atoms with E-state index in [4.69, 9.17) is 0 Å². The maximum Gasteiger partial charge on any atom is 0.269 e. The molecule has 5 heteroatoms. The molecule has 3 rings (SSSR count).